The fourth-order valence-corrected chi connectivity index (χ4v) is 3.38. The van der Waals surface area contributed by atoms with Crippen molar-refractivity contribution in [1.29, 1.82) is 0 Å². The monoisotopic (exact) mass is 389 g/mol. The van der Waals surface area contributed by atoms with E-state index >= 15 is 0 Å². The van der Waals surface area contributed by atoms with Crippen LogP contribution in [-0.2, 0) is 11.2 Å². The molecular weight excluding hydrogens is 370 g/mol. The number of benzene rings is 1. The number of rotatable bonds is 7. The predicted molar refractivity (Wildman–Crippen MR) is 103 cm³/mol. The fourth-order valence-electron chi connectivity index (χ4n) is 2.55. The molecule has 2 aromatic heterocycles. The summed E-state index contributed by atoms with van der Waals surface area (Å²) in [6.07, 6.45) is 1.23. The molecule has 0 aliphatic carbocycles. The van der Waals surface area contributed by atoms with E-state index in [1.54, 1.807) is 23.5 Å². The van der Waals surface area contributed by atoms with Gasteiger partial charge in [-0.2, -0.15) is 0 Å². The first-order chi connectivity index (χ1) is 12.6. The Morgan fingerprint density at radius 2 is 2.04 bits per heavy atom. The minimum absolute atomic E-state index is 0.0519. The number of halogens is 1. The van der Waals surface area contributed by atoms with Crippen molar-refractivity contribution in [3.8, 4) is 11.5 Å². The average Bonchev–Trinajstić information content (AvgIpc) is 3.31. The van der Waals surface area contributed by atoms with Crippen molar-refractivity contribution < 1.29 is 9.21 Å². The molecule has 1 aromatic carbocycles. The summed E-state index contributed by atoms with van der Waals surface area (Å²) in [6.45, 7) is 4.13. The Kier molecular flexibility index (Phi) is 6.06. The second kappa shape index (κ2) is 8.47. The fraction of sp³-hybridized carbons (Fsp3) is 0.316. The van der Waals surface area contributed by atoms with Crippen molar-refractivity contribution in [2.75, 3.05) is 0 Å². The highest BCUT2D eigenvalue weighted by atomic mass is 35.5. The van der Waals surface area contributed by atoms with E-state index in [-0.39, 0.29) is 17.9 Å². The maximum Gasteiger partial charge on any atom is 0.247 e. The average molecular weight is 390 g/mol. The standard InChI is InChI=1S/C19H20ClN3O2S/c1-3-12(2)17(21-16(24)11-15-5-4-10-26-15)19-23-22-18(25-19)13-6-8-14(20)9-7-13/h4-10,12,17H,3,11H2,1-2H3,(H,21,24). The lowest BCUT2D eigenvalue weighted by molar-refractivity contribution is -0.121. The van der Waals surface area contributed by atoms with Crippen LogP contribution >= 0.6 is 22.9 Å². The largest absolute Gasteiger partial charge is 0.418 e. The molecule has 26 heavy (non-hydrogen) atoms. The van der Waals surface area contributed by atoms with Crippen LogP contribution in [0.15, 0.2) is 46.2 Å². The second-order valence-electron chi connectivity index (χ2n) is 6.14. The van der Waals surface area contributed by atoms with Gasteiger partial charge in [-0.05, 0) is 41.6 Å². The first-order valence-electron chi connectivity index (χ1n) is 8.48. The van der Waals surface area contributed by atoms with Crippen LogP contribution in [0.2, 0.25) is 5.02 Å². The summed E-state index contributed by atoms with van der Waals surface area (Å²) in [5, 5.41) is 14.0. The lowest BCUT2D eigenvalue weighted by atomic mass is 9.99. The van der Waals surface area contributed by atoms with E-state index in [0.717, 1.165) is 16.9 Å². The molecule has 0 bridgehead atoms. The van der Waals surface area contributed by atoms with Crippen LogP contribution in [0.5, 0.6) is 0 Å². The van der Waals surface area contributed by atoms with E-state index in [0.29, 0.717) is 23.2 Å². The summed E-state index contributed by atoms with van der Waals surface area (Å²) in [5.74, 6) is 0.950. The molecule has 2 heterocycles. The highest BCUT2D eigenvalue weighted by Gasteiger charge is 2.26. The molecule has 3 aromatic rings. The summed E-state index contributed by atoms with van der Waals surface area (Å²) < 4.78 is 5.85. The van der Waals surface area contributed by atoms with E-state index < -0.39 is 0 Å². The third kappa shape index (κ3) is 4.51. The molecule has 1 N–H and O–H groups in total. The van der Waals surface area contributed by atoms with Gasteiger partial charge in [0.25, 0.3) is 0 Å². The summed E-state index contributed by atoms with van der Waals surface area (Å²) in [4.78, 5) is 13.4. The van der Waals surface area contributed by atoms with E-state index in [9.17, 15) is 4.79 Å². The quantitative estimate of drug-likeness (QED) is 0.624. The normalized spacial score (nSPS) is 13.3. The Hall–Kier alpha value is -2.18. The number of hydrogen-bond acceptors (Lipinski definition) is 5. The zero-order chi connectivity index (χ0) is 18.5. The molecule has 1 amide bonds. The van der Waals surface area contributed by atoms with Gasteiger partial charge in [0.15, 0.2) is 0 Å². The van der Waals surface area contributed by atoms with Crippen molar-refractivity contribution in [2.24, 2.45) is 5.92 Å². The molecule has 0 spiro atoms. The maximum atomic E-state index is 12.4. The van der Waals surface area contributed by atoms with Crippen LogP contribution in [0.1, 0.15) is 37.1 Å². The van der Waals surface area contributed by atoms with Crippen molar-refractivity contribution in [3.63, 3.8) is 0 Å². The SMILES string of the molecule is CCC(C)C(NC(=O)Cc1cccs1)c1nnc(-c2ccc(Cl)cc2)o1. The molecule has 0 aliphatic rings. The van der Waals surface area contributed by atoms with Crippen LogP contribution < -0.4 is 5.32 Å². The third-order valence-electron chi connectivity index (χ3n) is 4.24. The van der Waals surface area contributed by atoms with Gasteiger partial charge in [-0.3, -0.25) is 4.79 Å². The first-order valence-corrected chi connectivity index (χ1v) is 9.73. The molecule has 0 fully saturated rings. The highest BCUT2D eigenvalue weighted by Crippen LogP contribution is 2.27. The topological polar surface area (TPSA) is 68.0 Å². The van der Waals surface area contributed by atoms with Crippen LogP contribution in [0.4, 0.5) is 0 Å². The van der Waals surface area contributed by atoms with Gasteiger partial charge in [-0.25, -0.2) is 0 Å². The summed E-state index contributed by atoms with van der Waals surface area (Å²) >= 11 is 7.49. The zero-order valence-corrected chi connectivity index (χ0v) is 16.2. The van der Waals surface area contributed by atoms with E-state index in [1.165, 1.54) is 0 Å². The minimum atomic E-state index is -0.319. The van der Waals surface area contributed by atoms with Gasteiger partial charge in [0.1, 0.15) is 6.04 Å². The van der Waals surface area contributed by atoms with Crippen LogP contribution in [0.25, 0.3) is 11.5 Å². The number of thiophene rings is 1. The Balaban J connectivity index is 1.77. The van der Waals surface area contributed by atoms with Crippen LogP contribution in [0.3, 0.4) is 0 Å². The highest BCUT2D eigenvalue weighted by molar-refractivity contribution is 7.10. The zero-order valence-electron chi connectivity index (χ0n) is 14.6. The number of carbonyl (C=O) groups is 1. The Labute approximate surface area is 161 Å². The number of amides is 1. The second-order valence-corrected chi connectivity index (χ2v) is 7.61. The van der Waals surface area contributed by atoms with Gasteiger partial charge in [0.05, 0.1) is 6.42 Å². The summed E-state index contributed by atoms with van der Waals surface area (Å²) in [5.41, 5.74) is 0.793. The summed E-state index contributed by atoms with van der Waals surface area (Å²) in [6, 6.07) is 10.8. The van der Waals surface area contributed by atoms with Crippen molar-refractivity contribution in [3.05, 3.63) is 57.6 Å². The lowest BCUT2D eigenvalue weighted by Gasteiger charge is -2.20. The van der Waals surface area contributed by atoms with Gasteiger partial charge < -0.3 is 9.73 Å². The molecular formula is C19H20ClN3O2S. The first kappa shape index (κ1) is 18.6. The third-order valence-corrected chi connectivity index (χ3v) is 5.37. The van der Waals surface area contributed by atoms with E-state index in [1.807, 2.05) is 29.6 Å². The molecule has 0 saturated carbocycles. The van der Waals surface area contributed by atoms with Crippen LogP contribution in [0, 0.1) is 5.92 Å². The minimum Gasteiger partial charge on any atom is -0.418 e. The van der Waals surface area contributed by atoms with Crippen molar-refractivity contribution >= 4 is 28.8 Å². The van der Waals surface area contributed by atoms with Crippen molar-refractivity contribution in [2.45, 2.75) is 32.7 Å². The number of hydrogen-bond donors (Lipinski definition) is 1. The van der Waals surface area contributed by atoms with Gasteiger partial charge >= 0.3 is 0 Å². The van der Waals surface area contributed by atoms with Crippen LogP contribution in [-0.4, -0.2) is 16.1 Å². The number of nitrogens with one attached hydrogen (secondary N) is 1. The smallest absolute Gasteiger partial charge is 0.247 e. The molecule has 3 rings (SSSR count). The van der Waals surface area contributed by atoms with E-state index in [4.69, 9.17) is 16.0 Å². The Morgan fingerprint density at radius 1 is 1.27 bits per heavy atom. The van der Waals surface area contributed by atoms with E-state index in [2.05, 4.69) is 29.4 Å². The molecule has 0 radical (unpaired) electrons. The van der Waals surface area contributed by atoms with Gasteiger partial charge in [-0.1, -0.05) is 37.9 Å². The lowest BCUT2D eigenvalue weighted by Crippen LogP contribution is -2.33. The molecule has 7 heteroatoms. The molecule has 5 nitrogen and oxygen atoms in total. The predicted octanol–water partition coefficient (Wildman–Crippen LogP) is 4.90. The maximum absolute atomic E-state index is 12.4. The number of carbonyl (C=O) groups excluding carboxylic acids is 1. The number of aromatic nitrogens is 2. The summed E-state index contributed by atoms with van der Waals surface area (Å²) in [7, 11) is 0. The molecule has 2 unspecified atom stereocenters. The molecule has 2 atom stereocenters. The number of nitrogens with zero attached hydrogens (tertiary/aromatic N) is 2. The van der Waals surface area contributed by atoms with Gasteiger partial charge in [-0.15, -0.1) is 21.5 Å². The van der Waals surface area contributed by atoms with Crippen molar-refractivity contribution in [1.82, 2.24) is 15.5 Å². The van der Waals surface area contributed by atoms with Gasteiger partial charge in [0, 0.05) is 15.5 Å². The molecule has 136 valence electrons. The van der Waals surface area contributed by atoms with Gasteiger partial charge in [0.2, 0.25) is 17.7 Å². The Morgan fingerprint density at radius 3 is 2.69 bits per heavy atom. The Bertz CT molecular complexity index is 846. The molecule has 0 saturated heterocycles. The molecule has 0 aliphatic heterocycles.